The van der Waals surface area contributed by atoms with Crippen LogP contribution >= 0.6 is 27.3 Å². The van der Waals surface area contributed by atoms with Crippen LogP contribution in [0.3, 0.4) is 0 Å². The summed E-state index contributed by atoms with van der Waals surface area (Å²) in [5.74, 6) is -0.283. The van der Waals surface area contributed by atoms with E-state index in [2.05, 4.69) is 36.1 Å². The molecular weight excluding hydrogens is 393 g/mol. The lowest BCUT2D eigenvalue weighted by Crippen LogP contribution is -2.36. The summed E-state index contributed by atoms with van der Waals surface area (Å²) in [4.78, 5) is 2.22. The molecular formula is C16H15BrFN5S. The number of hydrogen-bond acceptors (Lipinski definition) is 5. The molecule has 4 rings (SSSR count). The van der Waals surface area contributed by atoms with E-state index in [1.165, 1.54) is 17.4 Å². The first-order chi connectivity index (χ1) is 11.7. The highest BCUT2D eigenvalue weighted by Gasteiger charge is 2.24. The predicted molar refractivity (Wildman–Crippen MR) is 95.7 cm³/mol. The normalized spacial score (nSPS) is 18.1. The average molecular weight is 408 g/mol. The van der Waals surface area contributed by atoms with Crippen molar-refractivity contribution in [3.63, 3.8) is 0 Å². The second-order valence-electron chi connectivity index (χ2n) is 5.74. The van der Waals surface area contributed by atoms with Crippen molar-refractivity contribution in [3.05, 3.63) is 46.9 Å². The molecule has 1 aromatic carbocycles. The van der Waals surface area contributed by atoms with Crippen molar-refractivity contribution in [3.8, 4) is 10.6 Å². The Balaban J connectivity index is 1.57. The monoisotopic (exact) mass is 407 g/mol. The van der Waals surface area contributed by atoms with Crippen LogP contribution in [0.15, 0.2) is 41.1 Å². The van der Waals surface area contributed by atoms with Crippen LogP contribution in [0.2, 0.25) is 0 Å². The Morgan fingerprint density at radius 2 is 2.21 bits per heavy atom. The highest BCUT2D eigenvalue weighted by molar-refractivity contribution is 9.10. The van der Waals surface area contributed by atoms with E-state index in [1.807, 2.05) is 16.9 Å². The summed E-state index contributed by atoms with van der Waals surface area (Å²) < 4.78 is 16.9. The molecule has 24 heavy (non-hydrogen) atoms. The number of anilines is 1. The zero-order valence-corrected chi connectivity index (χ0v) is 15.2. The Labute approximate surface area is 151 Å². The average Bonchev–Trinajstić information content (AvgIpc) is 3.29. The van der Waals surface area contributed by atoms with Crippen molar-refractivity contribution in [1.29, 1.82) is 0 Å². The van der Waals surface area contributed by atoms with Crippen molar-refractivity contribution in [1.82, 2.24) is 20.0 Å². The van der Waals surface area contributed by atoms with E-state index in [0.29, 0.717) is 16.6 Å². The summed E-state index contributed by atoms with van der Waals surface area (Å²) in [5, 5.41) is 14.3. The first-order valence-corrected chi connectivity index (χ1v) is 9.34. The molecule has 1 unspecified atom stereocenters. The first kappa shape index (κ1) is 15.7. The molecule has 1 aliphatic heterocycles. The van der Waals surface area contributed by atoms with Gasteiger partial charge in [0.1, 0.15) is 5.82 Å². The molecule has 1 fully saturated rings. The van der Waals surface area contributed by atoms with Gasteiger partial charge in [0, 0.05) is 35.5 Å². The zero-order valence-electron chi connectivity index (χ0n) is 12.8. The van der Waals surface area contributed by atoms with Crippen LogP contribution in [0.1, 0.15) is 18.9 Å². The van der Waals surface area contributed by atoms with Gasteiger partial charge in [-0.1, -0.05) is 27.3 Å². The van der Waals surface area contributed by atoms with Crippen molar-refractivity contribution >= 4 is 32.4 Å². The van der Waals surface area contributed by atoms with Crippen LogP contribution in [0.5, 0.6) is 0 Å². The molecule has 0 amide bonds. The predicted octanol–water partition coefficient (Wildman–Crippen LogP) is 4.14. The fraction of sp³-hybridized carbons (Fsp3) is 0.312. The van der Waals surface area contributed by atoms with Gasteiger partial charge in [-0.15, -0.1) is 10.2 Å². The molecule has 0 aliphatic carbocycles. The van der Waals surface area contributed by atoms with E-state index >= 15 is 0 Å². The molecule has 3 heterocycles. The van der Waals surface area contributed by atoms with Gasteiger partial charge in [0.2, 0.25) is 5.13 Å². The number of piperidine rings is 1. The molecule has 3 aromatic rings. The topological polar surface area (TPSA) is 46.8 Å². The minimum Gasteiger partial charge on any atom is -0.345 e. The molecule has 2 aromatic heterocycles. The number of benzene rings is 1. The highest BCUT2D eigenvalue weighted by atomic mass is 79.9. The maximum Gasteiger partial charge on any atom is 0.208 e. The van der Waals surface area contributed by atoms with Gasteiger partial charge >= 0.3 is 0 Å². The molecule has 1 atom stereocenters. The molecule has 8 heteroatoms. The summed E-state index contributed by atoms with van der Waals surface area (Å²) in [5.41, 5.74) is 0.480. The summed E-state index contributed by atoms with van der Waals surface area (Å²) in [7, 11) is 0. The van der Waals surface area contributed by atoms with Crippen molar-refractivity contribution < 1.29 is 4.39 Å². The molecule has 124 valence electrons. The first-order valence-electron chi connectivity index (χ1n) is 7.74. The van der Waals surface area contributed by atoms with Gasteiger partial charge in [-0.3, -0.25) is 4.68 Å². The number of halogens is 2. The van der Waals surface area contributed by atoms with Crippen LogP contribution in [-0.4, -0.2) is 33.1 Å². The van der Waals surface area contributed by atoms with Gasteiger partial charge in [0.05, 0.1) is 6.04 Å². The van der Waals surface area contributed by atoms with Crippen LogP contribution in [0, 0.1) is 5.82 Å². The Bertz CT molecular complexity index is 835. The summed E-state index contributed by atoms with van der Waals surface area (Å²) in [6, 6.07) is 7.14. The largest absolute Gasteiger partial charge is 0.345 e. The van der Waals surface area contributed by atoms with Crippen LogP contribution in [0.4, 0.5) is 9.52 Å². The lowest BCUT2D eigenvalue weighted by molar-refractivity contribution is 0.375. The summed E-state index contributed by atoms with van der Waals surface area (Å²) in [6.07, 6.45) is 5.98. The van der Waals surface area contributed by atoms with Crippen LogP contribution < -0.4 is 4.90 Å². The van der Waals surface area contributed by atoms with Gasteiger partial charge < -0.3 is 4.90 Å². The van der Waals surface area contributed by atoms with E-state index in [1.54, 1.807) is 18.3 Å². The Kier molecular flexibility index (Phi) is 4.32. The SMILES string of the molecule is Fc1ccc(Br)cc1-c1nnc(N2CCCC(n3cccn3)C2)s1. The van der Waals surface area contributed by atoms with E-state index in [0.717, 1.165) is 35.5 Å². The van der Waals surface area contributed by atoms with Crippen LogP contribution in [0.25, 0.3) is 10.6 Å². The van der Waals surface area contributed by atoms with Gasteiger partial charge in [-0.05, 0) is 37.1 Å². The Morgan fingerprint density at radius 3 is 3.04 bits per heavy atom. The summed E-state index contributed by atoms with van der Waals surface area (Å²) >= 11 is 4.80. The molecule has 5 nitrogen and oxygen atoms in total. The second-order valence-corrected chi connectivity index (χ2v) is 7.61. The molecule has 1 aliphatic rings. The molecule has 0 N–H and O–H groups in total. The second kappa shape index (κ2) is 6.60. The minimum absolute atomic E-state index is 0.283. The lowest BCUT2D eigenvalue weighted by atomic mass is 10.1. The fourth-order valence-corrected chi connectivity index (χ4v) is 4.21. The van der Waals surface area contributed by atoms with Gasteiger partial charge in [0.15, 0.2) is 5.01 Å². The molecule has 0 bridgehead atoms. The number of rotatable bonds is 3. The van der Waals surface area contributed by atoms with Crippen molar-refractivity contribution in [2.45, 2.75) is 18.9 Å². The van der Waals surface area contributed by atoms with E-state index in [9.17, 15) is 4.39 Å². The van der Waals surface area contributed by atoms with Gasteiger partial charge in [-0.2, -0.15) is 5.10 Å². The minimum atomic E-state index is -0.283. The summed E-state index contributed by atoms with van der Waals surface area (Å²) in [6.45, 7) is 1.78. The van der Waals surface area contributed by atoms with Crippen molar-refractivity contribution in [2.75, 3.05) is 18.0 Å². The number of aromatic nitrogens is 4. The number of nitrogens with zero attached hydrogens (tertiary/aromatic N) is 5. The smallest absolute Gasteiger partial charge is 0.208 e. The number of hydrogen-bond donors (Lipinski definition) is 0. The third kappa shape index (κ3) is 3.08. The third-order valence-corrected chi connectivity index (χ3v) is 5.65. The highest BCUT2D eigenvalue weighted by Crippen LogP contribution is 2.34. The van der Waals surface area contributed by atoms with E-state index in [4.69, 9.17) is 0 Å². The Morgan fingerprint density at radius 1 is 1.29 bits per heavy atom. The third-order valence-electron chi connectivity index (χ3n) is 4.14. The molecule has 0 radical (unpaired) electrons. The maximum absolute atomic E-state index is 14.0. The lowest BCUT2D eigenvalue weighted by Gasteiger charge is -2.32. The van der Waals surface area contributed by atoms with Gasteiger partial charge in [-0.25, -0.2) is 4.39 Å². The molecule has 0 saturated carbocycles. The van der Waals surface area contributed by atoms with E-state index < -0.39 is 0 Å². The van der Waals surface area contributed by atoms with Crippen LogP contribution in [-0.2, 0) is 0 Å². The van der Waals surface area contributed by atoms with E-state index in [-0.39, 0.29) is 5.82 Å². The Hall–Kier alpha value is -1.80. The quantitative estimate of drug-likeness (QED) is 0.654. The molecule has 0 spiro atoms. The fourth-order valence-electron chi connectivity index (χ4n) is 2.95. The standard InChI is InChI=1S/C16H15BrFN5S/c17-11-4-5-14(18)13(9-11)15-20-21-16(24-15)22-7-1-3-12(10-22)23-8-2-6-19-23/h2,4-6,8-9,12H,1,3,7,10H2. The maximum atomic E-state index is 14.0. The van der Waals surface area contributed by atoms with Gasteiger partial charge in [0.25, 0.3) is 0 Å². The zero-order chi connectivity index (χ0) is 16.5. The van der Waals surface area contributed by atoms with Crippen molar-refractivity contribution in [2.24, 2.45) is 0 Å². The molecule has 1 saturated heterocycles.